The first kappa shape index (κ1) is 27.4. The molecule has 3 aromatic carbocycles. The van der Waals surface area contributed by atoms with E-state index in [0.29, 0.717) is 28.1 Å². The number of Topliss-reactive ketones (excluding diaryl/α,β-unsaturated/α-hetero) is 1. The van der Waals surface area contributed by atoms with Crippen molar-refractivity contribution in [3.05, 3.63) is 94.6 Å². The van der Waals surface area contributed by atoms with Crippen LogP contribution >= 0.6 is 0 Å². The number of hydrogen-bond donors (Lipinski definition) is 2. The minimum Gasteiger partial charge on any atom is -0.508 e. The van der Waals surface area contributed by atoms with Gasteiger partial charge in [0.1, 0.15) is 17.3 Å². The van der Waals surface area contributed by atoms with Gasteiger partial charge in [0.2, 0.25) is 0 Å². The van der Waals surface area contributed by atoms with Gasteiger partial charge in [-0.15, -0.1) is 0 Å². The van der Waals surface area contributed by atoms with E-state index in [0.717, 1.165) is 5.56 Å². The van der Waals surface area contributed by atoms with Gasteiger partial charge in [0, 0.05) is 11.3 Å². The van der Waals surface area contributed by atoms with Gasteiger partial charge in [0.25, 0.3) is 11.7 Å². The van der Waals surface area contributed by atoms with Crippen molar-refractivity contribution in [2.24, 2.45) is 0 Å². The molecule has 0 aliphatic carbocycles. The molecule has 1 unspecified atom stereocenters. The Bertz CT molecular complexity index is 1420. The van der Waals surface area contributed by atoms with E-state index in [9.17, 15) is 24.6 Å². The second-order valence-corrected chi connectivity index (χ2v) is 9.56. The molecule has 4 rings (SSSR count). The van der Waals surface area contributed by atoms with Crippen molar-refractivity contribution in [2.75, 3.05) is 11.5 Å². The molecule has 1 aliphatic rings. The molecule has 39 heavy (non-hydrogen) atoms. The van der Waals surface area contributed by atoms with Crippen molar-refractivity contribution in [3.63, 3.8) is 0 Å². The van der Waals surface area contributed by atoms with Gasteiger partial charge in [-0.05, 0) is 86.8 Å². The Morgan fingerprint density at radius 1 is 1.00 bits per heavy atom. The minimum atomic E-state index is -0.951. The highest BCUT2D eigenvalue weighted by atomic mass is 16.5. The molecule has 202 valence electrons. The molecule has 1 heterocycles. The summed E-state index contributed by atoms with van der Waals surface area (Å²) in [5, 5.41) is 21.2. The molecular weight excluding hydrogens is 498 g/mol. The summed E-state index contributed by atoms with van der Waals surface area (Å²) < 4.78 is 10.8. The number of carbonyl (C=O) groups excluding carboxylic acids is 3. The first-order chi connectivity index (χ1) is 18.6. The van der Waals surface area contributed by atoms with Gasteiger partial charge in [0.05, 0.1) is 30.7 Å². The second kappa shape index (κ2) is 11.4. The molecule has 1 amide bonds. The van der Waals surface area contributed by atoms with Gasteiger partial charge in [-0.2, -0.15) is 0 Å². The number of aryl methyl sites for hydroxylation is 1. The van der Waals surface area contributed by atoms with Crippen molar-refractivity contribution in [2.45, 2.75) is 46.3 Å². The van der Waals surface area contributed by atoms with Crippen molar-refractivity contribution < 1.29 is 34.1 Å². The Labute approximate surface area is 227 Å². The number of aliphatic hydroxyl groups excluding tert-OH is 1. The number of rotatable bonds is 8. The van der Waals surface area contributed by atoms with Gasteiger partial charge in [-0.1, -0.05) is 24.3 Å². The largest absolute Gasteiger partial charge is 0.508 e. The standard InChI is InChI=1S/C31H31NO7/c1-5-38-26(34)17-20-6-11-23(12-7-20)32-28(21-8-13-24(33)14-9-21)27(30(36)31(32)37)29(35)22-10-15-25(19(4)16-22)39-18(2)3/h6-16,18,28,33,35H,5,17H2,1-4H3/b29-27-. The zero-order valence-corrected chi connectivity index (χ0v) is 22.3. The number of ketones is 1. The summed E-state index contributed by atoms with van der Waals surface area (Å²) in [4.78, 5) is 40.0. The van der Waals surface area contributed by atoms with Crippen LogP contribution in [0.25, 0.3) is 5.76 Å². The smallest absolute Gasteiger partial charge is 0.310 e. The highest BCUT2D eigenvalue weighted by molar-refractivity contribution is 6.51. The molecule has 0 saturated carbocycles. The van der Waals surface area contributed by atoms with E-state index >= 15 is 0 Å². The first-order valence-electron chi connectivity index (χ1n) is 12.7. The molecule has 3 aromatic rings. The van der Waals surface area contributed by atoms with Crippen LogP contribution in [0.15, 0.2) is 72.3 Å². The summed E-state index contributed by atoms with van der Waals surface area (Å²) in [5.74, 6) is -1.64. The molecule has 1 fully saturated rings. The molecule has 0 bridgehead atoms. The maximum atomic E-state index is 13.4. The summed E-state index contributed by atoms with van der Waals surface area (Å²) in [5.41, 5.74) is 2.70. The lowest BCUT2D eigenvalue weighted by atomic mass is 9.94. The molecular formula is C31H31NO7. The van der Waals surface area contributed by atoms with E-state index in [1.807, 2.05) is 20.8 Å². The minimum absolute atomic E-state index is 0.0235. The van der Waals surface area contributed by atoms with Crippen molar-refractivity contribution >= 4 is 29.1 Å². The fourth-order valence-corrected chi connectivity index (χ4v) is 4.56. The van der Waals surface area contributed by atoms with Crippen LogP contribution < -0.4 is 9.64 Å². The summed E-state index contributed by atoms with van der Waals surface area (Å²) in [6.45, 7) is 7.67. The molecule has 0 spiro atoms. The highest BCUT2D eigenvalue weighted by Crippen LogP contribution is 2.42. The lowest BCUT2D eigenvalue weighted by Gasteiger charge is -2.25. The van der Waals surface area contributed by atoms with Crippen LogP contribution in [0.1, 0.15) is 49.1 Å². The number of aliphatic hydroxyl groups is 1. The van der Waals surface area contributed by atoms with Gasteiger partial charge in [-0.3, -0.25) is 19.3 Å². The third-order valence-electron chi connectivity index (χ3n) is 6.33. The van der Waals surface area contributed by atoms with E-state index in [4.69, 9.17) is 9.47 Å². The summed E-state index contributed by atoms with van der Waals surface area (Å²) in [6, 6.07) is 16.9. The average molecular weight is 530 g/mol. The predicted octanol–water partition coefficient (Wildman–Crippen LogP) is 5.22. The number of carbonyl (C=O) groups is 3. The van der Waals surface area contributed by atoms with E-state index in [1.165, 1.54) is 17.0 Å². The van der Waals surface area contributed by atoms with Crippen LogP contribution in [0.5, 0.6) is 11.5 Å². The number of anilines is 1. The molecule has 1 saturated heterocycles. The van der Waals surface area contributed by atoms with E-state index in [2.05, 4.69) is 0 Å². The normalized spacial score (nSPS) is 16.5. The number of ether oxygens (including phenoxy) is 2. The third-order valence-corrected chi connectivity index (χ3v) is 6.33. The van der Waals surface area contributed by atoms with E-state index in [1.54, 1.807) is 61.5 Å². The predicted molar refractivity (Wildman–Crippen MR) is 147 cm³/mol. The topological polar surface area (TPSA) is 113 Å². The number of benzene rings is 3. The molecule has 0 aromatic heterocycles. The van der Waals surface area contributed by atoms with Crippen LogP contribution in [-0.4, -0.2) is 40.6 Å². The SMILES string of the molecule is CCOC(=O)Cc1ccc(N2C(=O)C(=O)/C(=C(\O)c3ccc(OC(C)C)c(C)c3)C2c2ccc(O)cc2)cc1. The maximum absolute atomic E-state index is 13.4. The number of phenolic OH excluding ortho intramolecular Hbond substituents is 1. The Kier molecular flexibility index (Phi) is 8.04. The van der Waals surface area contributed by atoms with Gasteiger partial charge < -0.3 is 19.7 Å². The van der Waals surface area contributed by atoms with Crippen molar-refractivity contribution in [1.82, 2.24) is 0 Å². The Morgan fingerprint density at radius 2 is 1.67 bits per heavy atom. The van der Waals surface area contributed by atoms with Crippen LogP contribution in [-0.2, 0) is 25.5 Å². The zero-order chi connectivity index (χ0) is 28.3. The van der Waals surface area contributed by atoms with Crippen LogP contribution in [0.4, 0.5) is 5.69 Å². The fraction of sp³-hybridized carbons (Fsp3) is 0.258. The van der Waals surface area contributed by atoms with E-state index < -0.39 is 17.7 Å². The molecule has 2 N–H and O–H groups in total. The van der Waals surface area contributed by atoms with E-state index in [-0.39, 0.29) is 42.2 Å². The average Bonchev–Trinajstić information content (AvgIpc) is 3.16. The lowest BCUT2D eigenvalue weighted by molar-refractivity contribution is -0.142. The monoisotopic (exact) mass is 529 g/mol. The van der Waals surface area contributed by atoms with Crippen LogP contribution in [0, 0.1) is 6.92 Å². The number of phenols is 1. The molecule has 1 atom stereocenters. The Balaban J connectivity index is 1.79. The molecule has 0 radical (unpaired) electrons. The molecule has 8 nitrogen and oxygen atoms in total. The summed E-state index contributed by atoms with van der Waals surface area (Å²) in [6.07, 6.45) is 0.0381. The maximum Gasteiger partial charge on any atom is 0.310 e. The summed E-state index contributed by atoms with van der Waals surface area (Å²) >= 11 is 0. The third kappa shape index (κ3) is 5.80. The fourth-order valence-electron chi connectivity index (χ4n) is 4.56. The number of aromatic hydroxyl groups is 1. The van der Waals surface area contributed by atoms with Gasteiger partial charge in [-0.25, -0.2) is 0 Å². The van der Waals surface area contributed by atoms with Gasteiger partial charge >= 0.3 is 5.97 Å². The zero-order valence-electron chi connectivity index (χ0n) is 22.3. The summed E-state index contributed by atoms with van der Waals surface area (Å²) in [7, 11) is 0. The number of nitrogens with zero attached hydrogens (tertiary/aromatic N) is 1. The number of amides is 1. The lowest BCUT2D eigenvalue weighted by Crippen LogP contribution is -2.29. The van der Waals surface area contributed by atoms with Crippen LogP contribution in [0.3, 0.4) is 0 Å². The number of esters is 1. The number of hydrogen-bond acceptors (Lipinski definition) is 7. The molecule has 1 aliphatic heterocycles. The first-order valence-corrected chi connectivity index (χ1v) is 12.7. The Hall–Kier alpha value is -4.59. The van der Waals surface area contributed by atoms with Crippen LogP contribution in [0.2, 0.25) is 0 Å². The van der Waals surface area contributed by atoms with Crippen molar-refractivity contribution in [1.29, 1.82) is 0 Å². The quantitative estimate of drug-likeness (QED) is 0.178. The van der Waals surface area contributed by atoms with Gasteiger partial charge in [0.15, 0.2) is 0 Å². The second-order valence-electron chi connectivity index (χ2n) is 9.56. The van der Waals surface area contributed by atoms with Crippen molar-refractivity contribution in [3.8, 4) is 11.5 Å². The molecule has 8 heteroatoms. The Morgan fingerprint density at radius 3 is 2.26 bits per heavy atom. The highest BCUT2D eigenvalue weighted by Gasteiger charge is 2.47.